The van der Waals surface area contributed by atoms with Crippen LogP contribution < -0.4 is 10.6 Å². The van der Waals surface area contributed by atoms with Crippen molar-refractivity contribution in [1.82, 2.24) is 0 Å². The first-order chi connectivity index (χ1) is 8.60. The van der Waals surface area contributed by atoms with E-state index in [9.17, 15) is 0 Å². The summed E-state index contributed by atoms with van der Waals surface area (Å²) in [4.78, 5) is 2.41. The molecule has 0 atom stereocenters. The van der Waals surface area contributed by atoms with Crippen molar-refractivity contribution >= 4 is 23.0 Å². The second-order valence-electron chi connectivity index (χ2n) is 5.56. The Balaban J connectivity index is 2.04. The molecule has 0 radical (unpaired) electrons. The highest BCUT2D eigenvalue weighted by Gasteiger charge is 2.41. The Morgan fingerprint density at radius 1 is 1.22 bits per heavy atom. The average molecular weight is 267 g/mol. The monoisotopic (exact) mass is 266 g/mol. The van der Waals surface area contributed by atoms with E-state index in [1.165, 1.54) is 31.4 Å². The molecule has 0 aliphatic carbocycles. The summed E-state index contributed by atoms with van der Waals surface area (Å²) in [5.74, 6) is 0. The highest BCUT2D eigenvalue weighted by molar-refractivity contribution is 6.33. The van der Waals surface area contributed by atoms with Crippen LogP contribution >= 0.6 is 11.6 Å². The molecule has 0 aromatic heterocycles. The lowest BCUT2D eigenvalue weighted by atomic mass is 9.72. The van der Waals surface area contributed by atoms with Gasteiger partial charge in [0, 0.05) is 24.2 Å². The fourth-order valence-corrected chi connectivity index (χ4v) is 3.34. The summed E-state index contributed by atoms with van der Waals surface area (Å²) < 4.78 is 0. The Kier molecular flexibility index (Phi) is 4.06. The second kappa shape index (κ2) is 5.40. The van der Waals surface area contributed by atoms with E-state index in [1.807, 2.05) is 12.1 Å². The summed E-state index contributed by atoms with van der Waals surface area (Å²) in [6.45, 7) is 6.88. The number of anilines is 2. The predicted octanol–water partition coefficient (Wildman–Crippen LogP) is 4.33. The molecule has 1 aliphatic heterocycles. The zero-order valence-electron chi connectivity index (χ0n) is 11.4. The molecule has 1 aromatic rings. The maximum absolute atomic E-state index is 6.08. The molecule has 3 heteroatoms. The first-order valence-corrected chi connectivity index (χ1v) is 7.28. The van der Waals surface area contributed by atoms with Crippen LogP contribution in [0.3, 0.4) is 0 Å². The second-order valence-corrected chi connectivity index (χ2v) is 5.97. The molecule has 1 aliphatic rings. The van der Waals surface area contributed by atoms with Gasteiger partial charge in [-0.1, -0.05) is 38.3 Å². The molecule has 18 heavy (non-hydrogen) atoms. The van der Waals surface area contributed by atoms with Gasteiger partial charge in [0.2, 0.25) is 0 Å². The molecule has 1 fully saturated rings. The molecule has 2 rings (SSSR count). The molecule has 1 aromatic carbocycles. The van der Waals surface area contributed by atoms with Gasteiger partial charge in [0.1, 0.15) is 0 Å². The summed E-state index contributed by atoms with van der Waals surface area (Å²) in [6, 6.07) is 5.96. The van der Waals surface area contributed by atoms with Crippen molar-refractivity contribution in [3.05, 3.63) is 23.2 Å². The summed E-state index contributed by atoms with van der Waals surface area (Å²) in [6.07, 6.45) is 5.22. The molecule has 0 unspecified atom stereocenters. The minimum Gasteiger partial charge on any atom is -0.398 e. The smallest absolute Gasteiger partial charge is 0.0656 e. The fourth-order valence-electron chi connectivity index (χ4n) is 3.16. The summed E-state index contributed by atoms with van der Waals surface area (Å²) in [5.41, 5.74) is 8.15. The van der Waals surface area contributed by atoms with E-state index in [0.717, 1.165) is 13.1 Å². The molecule has 2 N–H and O–H groups in total. The van der Waals surface area contributed by atoms with Crippen LogP contribution in [0.4, 0.5) is 11.4 Å². The number of hydrogen-bond acceptors (Lipinski definition) is 2. The lowest BCUT2D eigenvalue weighted by Gasteiger charge is -2.52. The van der Waals surface area contributed by atoms with E-state index in [2.05, 4.69) is 24.8 Å². The normalized spacial score (nSPS) is 17.6. The SMILES string of the molecule is CCCC1(CCC)CN(c2ccc(N)c(Cl)c2)C1. The molecule has 1 saturated heterocycles. The number of benzene rings is 1. The van der Waals surface area contributed by atoms with Gasteiger partial charge >= 0.3 is 0 Å². The van der Waals surface area contributed by atoms with Crippen LogP contribution in [-0.4, -0.2) is 13.1 Å². The lowest BCUT2D eigenvalue weighted by molar-refractivity contribution is 0.173. The topological polar surface area (TPSA) is 29.3 Å². The number of nitrogens with two attached hydrogens (primary N) is 1. The molecular weight excluding hydrogens is 244 g/mol. The van der Waals surface area contributed by atoms with Gasteiger partial charge in [-0.2, -0.15) is 0 Å². The minimum absolute atomic E-state index is 0.539. The van der Waals surface area contributed by atoms with Crippen molar-refractivity contribution in [2.75, 3.05) is 23.7 Å². The van der Waals surface area contributed by atoms with Gasteiger partial charge < -0.3 is 10.6 Å². The highest BCUT2D eigenvalue weighted by Crippen LogP contribution is 2.42. The fraction of sp³-hybridized carbons (Fsp3) is 0.600. The maximum Gasteiger partial charge on any atom is 0.0656 e. The van der Waals surface area contributed by atoms with E-state index in [4.69, 9.17) is 17.3 Å². The van der Waals surface area contributed by atoms with Gasteiger partial charge in [-0.25, -0.2) is 0 Å². The van der Waals surface area contributed by atoms with Gasteiger partial charge in [0.25, 0.3) is 0 Å². The summed E-state index contributed by atoms with van der Waals surface area (Å²) in [5, 5.41) is 0.663. The Hall–Kier alpha value is -0.890. The van der Waals surface area contributed by atoms with E-state index in [-0.39, 0.29) is 0 Å². The van der Waals surface area contributed by atoms with E-state index < -0.39 is 0 Å². The molecule has 0 saturated carbocycles. The number of nitrogens with zero attached hydrogens (tertiary/aromatic N) is 1. The van der Waals surface area contributed by atoms with E-state index in [0.29, 0.717) is 16.1 Å². The predicted molar refractivity (Wildman–Crippen MR) is 80.3 cm³/mol. The highest BCUT2D eigenvalue weighted by atomic mass is 35.5. The van der Waals surface area contributed by atoms with Crippen LogP contribution in [0.2, 0.25) is 5.02 Å². The van der Waals surface area contributed by atoms with Gasteiger partial charge in [-0.3, -0.25) is 0 Å². The number of nitrogen functional groups attached to an aromatic ring is 1. The van der Waals surface area contributed by atoms with Crippen LogP contribution in [0, 0.1) is 5.41 Å². The maximum atomic E-state index is 6.08. The van der Waals surface area contributed by atoms with Crippen molar-refractivity contribution in [3.8, 4) is 0 Å². The third kappa shape index (κ3) is 2.59. The number of rotatable bonds is 5. The van der Waals surface area contributed by atoms with Crippen LogP contribution in [0.1, 0.15) is 39.5 Å². The lowest BCUT2D eigenvalue weighted by Crippen LogP contribution is -2.56. The Bertz CT molecular complexity index is 403. The number of halogens is 1. The Labute approximate surface area is 115 Å². The third-order valence-electron chi connectivity index (χ3n) is 3.96. The molecule has 0 bridgehead atoms. The molecule has 0 amide bonds. The molecule has 100 valence electrons. The molecule has 2 nitrogen and oxygen atoms in total. The first-order valence-electron chi connectivity index (χ1n) is 6.90. The van der Waals surface area contributed by atoms with Crippen molar-refractivity contribution in [2.24, 2.45) is 5.41 Å². The minimum atomic E-state index is 0.539. The van der Waals surface area contributed by atoms with E-state index in [1.54, 1.807) is 0 Å². The zero-order valence-corrected chi connectivity index (χ0v) is 12.1. The third-order valence-corrected chi connectivity index (χ3v) is 4.29. The Morgan fingerprint density at radius 2 is 1.83 bits per heavy atom. The molecule has 0 spiro atoms. The quantitative estimate of drug-likeness (QED) is 0.804. The summed E-state index contributed by atoms with van der Waals surface area (Å²) in [7, 11) is 0. The van der Waals surface area contributed by atoms with Gasteiger partial charge in [-0.05, 0) is 31.0 Å². The zero-order chi connectivity index (χ0) is 13.2. The van der Waals surface area contributed by atoms with Crippen molar-refractivity contribution in [1.29, 1.82) is 0 Å². The summed E-state index contributed by atoms with van der Waals surface area (Å²) >= 11 is 6.08. The number of hydrogen-bond donors (Lipinski definition) is 1. The van der Waals surface area contributed by atoms with Gasteiger partial charge in [0.05, 0.1) is 10.7 Å². The van der Waals surface area contributed by atoms with E-state index >= 15 is 0 Å². The average Bonchev–Trinajstić information content (AvgIpc) is 2.29. The van der Waals surface area contributed by atoms with Crippen LogP contribution in [0.5, 0.6) is 0 Å². The van der Waals surface area contributed by atoms with Crippen LogP contribution in [-0.2, 0) is 0 Å². The van der Waals surface area contributed by atoms with Crippen molar-refractivity contribution < 1.29 is 0 Å². The first kappa shape index (κ1) is 13.5. The van der Waals surface area contributed by atoms with Crippen LogP contribution in [0.25, 0.3) is 0 Å². The molecular formula is C15H23ClN2. The van der Waals surface area contributed by atoms with Crippen molar-refractivity contribution in [2.45, 2.75) is 39.5 Å². The molecule has 1 heterocycles. The van der Waals surface area contributed by atoms with Crippen molar-refractivity contribution in [3.63, 3.8) is 0 Å². The Morgan fingerprint density at radius 3 is 2.33 bits per heavy atom. The van der Waals surface area contributed by atoms with Gasteiger partial charge in [0.15, 0.2) is 0 Å². The largest absolute Gasteiger partial charge is 0.398 e. The van der Waals surface area contributed by atoms with Gasteiger partial charge in [-0.15, -0.1) is 0 Å². The van der Waals surface area contributed by atoms with Crippen LogP contribution in [0.15, 0.2) is 18.2 Å². The standard InChI is InChI=1S/C15H23ClN2/c1-3-7-15(8-4-2)10-18(11-15)12-5-6-14(17)13(16)9-12/h5-6,9H,3-4,7-8,10-11,17H2,1-2H3.